The van der Waals surface area contributed by atoms with Crippen molar-refractivity contribution in [3.63, 3.8) is 0 Å². The monoisotopic (exact) mass is 466 g/mol. The molecule has 2 aromatic heterocycles. The predicted octanol–water partition coefficient (Wildman–Crippen LogP) is 3.47. The first kappa shape index (κ1) is 22.4. The molecule has 1 amide bonds. The number of nitrogens with zero attached hydrogens (tertiary/aromatic N) is 4. The fourth-order valence-corrected chi connectivity index (χ4v) is 7.39. The van der Waals surface area contributed by atoms with Crippen LogP contribution in [-0.4, -0.2) is 59.8 Å². The molecule has 2 fully saturated rings. The number of aromatic nitrogens is 2. The number of aryl methyl sites for hydroxylation is 2. The lowest BCUT2D eigenvalue weighted by Crippen LogP contribution is -2.47. The third kappa shape index (κ3) is 4.70. The standard InChI is InChI=1S/C21H30N4O4S2/c1-3-19-22-20(23-29-19)17-13-18(15(2)30-17)31(27,28)25-12-8-9-16(14-25)21(26)24-10-6-4-5-7-11-24/h13,16H,3-12,14H2,1-2H3. The molecular weight excluding hydrogens is 436 g/mol. The molecule has 0 spiro atoms. The zero-order chi connectivity index (χ0) is 22.0. The minimum atomic E-state index is -3.70. The summed E-state index contributed by atoms with van der Waals surface area (Å²) in [6.45, 7) is 6.00. The van der Waals surface area contributed by atoms with Crippen LogP contribution in [0.2, 0.25) is 0 Å². The van der Waals surface area contributed by atoms with Crippen molar-refractivity contribution in [3.8, 4) is 10.7 Å². The summed E-state index contributed by atoms with van der Waals surface area (Å²) >= 11 is 1.35. The lowest BCUT2D eigenvalue weighted by Gasteiger charge is -2.34. The second kappa shape index (κ2) is 9.38. The highest BCUT2D eigenvalue weighted by Crippen LogP contribution is 2.35. The van der Waals surface area contributed by atoms with Gasteiger partial charge in [0, 0.05) is 37.5 Å². The first-order valence-electron chi connectivity index (χ1n) is 11.1. The molecule has 4 rings (SSSR count). The number of hydrogen-bond donors (Lipinski definition) is 0. The van der Waals surface area contributed by atoms with Gasteiger partial charge < -0.3 is 9.42 Å². The fourth-order valence-electron chi connectivity index (χ4n) is 4.38. The van der Waals surface area contributed by atoms with Gasteiger partial charge in [0.1, 0.15) is 0 Å². The van der Waals surface area contributed by atoms with E-state index < -0.39 is 10.0 Å². The molecule has 31 heavy (non-hydrogen) atoms. The molecule has 2 aliphatic heterocycles. The minimum Gasteiger partial charge on any atom is -0.342 e. The summed E-state index contributed by atoms with van der Waals surface area (Å²) in [6.07, 6.45) is 6.47. The van der Waals surface area contributed by atoms with E-state index >= 15 is 0 Å². The van der Waals surface area contributed by atoms with Gasteiger partial charge in [-0.1, -0.05) is 24.9 Å². The van der Waals surface area contributed by atoms with Crippen molar-refractivity contribution >= 4 is 27.3 Å². The minimum absolute atomic E-state index is 0.114. The highest BCUT2D eigenvalue weighted by Gasteiger charge is 2.36. The van der Waals surface area contributed by atoms with E-state index in [4.69, 9.17) is 4.52 Å². The van der Waals surface area contributed by atoms with Gasteiger partial charge in [0.25, 0.3) is 0 Å². The summed E-state index contributed by atoms with van der Waals surface area (Å²) in [7, 11) is -3.70. The van der Waals surface area contributed by atoms with Crippen LogP contribution in [0.15, 0.2) is 15.5 Å². The number of piperidine rings is 1. The molecular formula is C21H30N4O4S2. The first-order valence-corrected chi connectivity index (χ1v) is 13.4. The zero-order valence-electron chi connectivity index (χ0n) is 18.2. The van der Waals surface area contributed by atoms with Gasteiger partial charge in [-0.25, -0.2) is 8.42 Å². The summed E-state index contributed by atoms with van der Waals surface area (Å²) in [5, 5.41) is 3.97. The van der Waals surface area contributed by atoms with Gasteiger partial charge in [-0.05, 0) is 38.7 Å². The Morgan fingerprint density at radius 1 is 1.19 bits per heavy atom. The molecule has 4 heterocycles. The number of hydrogen-bond acceptors (Lipinski definition) is 7. The van der Waals surface area contributed by atoms with Crippen LogP contribution in [0.3, 0.4) is 0 Å². The van der Waals surface area contributed by atoms with Crippen molar-refractivity contribution < 1.29 is 17.7 Å². The van der Waals surface area contributed by atoms with Crippen molar-refractivity contribution in [3.05, 3.63) is 16.8 Å². The van der Waals surface area contributed by atoms with E-state index in [0.717, 1.165) is 45.2 Å². The molecule has 2 aromatic rings. The fraction of sp³-hybridized carbons (Fsp3) is 0.667. The van der Waals surface area contributed by atoms with Gasteiger partial charge in [0.05, 0.1) is 15.7 Å². The Hall–Kier alpha value is -1.78. The van der Waals surface area contributed by atoms with Crippen molar-refractivity contribution in [1.29, 1.82) is 0 Å². The van der Waals surface area contributed by atoms with Crippen LogP contribution in [0.4, 0.5) is 0 Å². The van der Waals surface area contributed by atoms with E-state index in [1.807, 2.05) is 11.8 Å². The molecule has 0 N–H and O–H groups in total. The second-order valence-corrected chi connectivity index (χ2v) is 11.5. The van der Waals surface area contributed by atoms with Crippen LogP contribution in [0, 0.1) is 12.8 Å². The summed E-state index contributed by atoms with van der Waals surface area (Å²) in [4.78, 5) is 21.0. The first-order chi connectivity index (χ1) is 14.9. The van der Waals surface area contributed by atoms with Crippen LogP contribution in [0.1, 0.15) is 56.2 Å². The lowest BCUT2D eigenvalue weighted by molar-refractivity contribution is -0.136. The van der Waals surface area contributed by atoms with E-state index in [0.29, 0.717) is 40.9 Å². The molecule has 0 aromatic carbocycles. The Kier molecular flexibility index (Phi) is 6.78. The van der Waals surface area contributed by atoms with Gasteiger partial charge in [-0.15, -0.1) is 11.3 Å². The van der Waals surface area contributed by atoms with Crippen LogP contribution in [0.25, 0.3) is 10.7 Å². The van der Waals surface area contributed by atoms with Crippen LogP contribution >= 0.6 is 11.3 Å². The molecule has 0 bridgehead atoms. The van der Waals surface area contributed by atoms with E-state index in [1.54, 1.807) is 13.0 Å². The number of sulfonamides is 1. The average molecular weight is 467 g/mol. The van der Waals surface area contributed by atoms with Crippen LogP contribution in [-0.2, 0) is 21.2 Å². The molecule has 170 valence electrons. The number of carbonyl (C=O) groups excluding carboxylic acids is 1. The molecule has 0 aliphatic carbocycles. The van der Waals surface area contributed by atoms with E-state index in [2.05, 4.69) is 10.1 Å². The third-order valence-electron chi connectivity index (χ3n) is 6.13. The quantitative estimate of drug-likeness (QED) is 0.669. The number of likely N-dealkylation sites (tertiary alicyclic amines) is 1. The van der Waals surface area contributed by atoms with Crippen molar-refractivity contribution in [2.45, 2.75) is 63.7 Å². The normalized spacial score (nSPS) is 21.2. The van der Waals surface area contributed by atoms with Crippen LogP contribution < -0.4 is 0 Å². The maximum Gasteiger partial charge on any atom is 0.244 e. The van der Waals surface area contributed by atoms with Gasteiger partial charge in [-0.3, -0.25) is 4.79 Å². The van der Waals surface area contributed by atoms with Gasteiger partial charge in [0.2, 0.25) is 27.6 Å². The molecule has 0 saturated carbocycles. The molecule has 2 saturated heterocycles. The number of thiophene rings is 1. The Morgan fingerprint density at radius 2 is 1.94 bits per heavy atom. The largest absolute Gasteiger partial charge is 0.342 e. The van der Waals surface area contributed by atoms with E-state index in [-0.39, 0.29) is 23.3 Å². The molecule has 1 atom stereocenters. The Bertz CT molecular complexity index is 1020. The maximum atomic E-state index is 13.5. The SMILES string of the molecule is CCc1nc(-c2cc(S(=O)(=O)N3CCCC(C(=O)N4CCCCCC4)C3)c(C)s2)no1. The molecule has 1 unspecified atom stereocenters. The maximum absolute atomic E-state index is 13.5. The average Bonchev–Trinajstić information content (AvgIpc) is 3.32. The Labute approximate surface area is 187 Å². The number of amides is 1. The summed E-state index contributed by atoms with van der Waals surface area (Å²) in [5.41, 5.74) is 0. The second-order valence-electron chi connectivity index (χ2n) is 8.34. The zero-order valence-corrected chi connectivity index (χ0v) is 19.8. The van der Waals surface area contributed by atoms with E-state index in [9.17, 15) is 13.2 Å². The van der Waals surface area contributed by atoms with Gasteiger partial charge in [-0.2, -0.15) is 9.29 Å². The van der Waals surface area contributed by atoms with Gasteiger partial charge >= 0.3 is 0 Å². The van der Waals surface area contributed by atoms with Gasteiger partial charge in [0.15, 0.2) is 0 Å². The van der Waals surface area contributed by atoms with Crippen molar-refractivity contribution in [1.82, 2.24) is 19.3 Å². The number of carbonyl (C=O) groups is 1. The highest BCUT2D eigenvalue weighted by molar-refractivity contribution is 7.89. The Morgan fingerprint density at radius 3 is 2.61 bits per heavy atom. The lowest BCUT2D eigenvalue weighted by atomic mass is 9.98. The summed E-state index contributed by atoms with van der Waals surface area (Å²) in [6, 6.07) is 1.64. The smallest absolute Gasteiger partial charge is 0.244 e. The van der Waals surface area contributed by atoms with Crippen molar-refractivity contribution in [2.75, 3.05) is 26.2 Å². The topological polar surface area (TPSA) is 96.6 Å². The highest BCUT2D eigenvalue weighted by atomic mass is 32.2. The number of rotatable bonds is 5. The third-order valence-corrected chi connectivity index (χ3v) is 9.30. The summed E-state index contributed by atoms with van der Waals surface area (Å²) < 4.78 is 33.6. The Balaban J connectivity index is 1.52. The molecule has 8 nitrogen and oxygen atoms in total. The molecule has 0 radical (unpaired) electrons. The summed E-state index contributed by atoms with van der Waals surface area (Å²) in [5.74, 6) is 0.795. The van der Waals surface area contributed by atoms with Crippen molar-refractivity contribution in [2.24, 2.45) is 5.92 Å². The van der Waals surface area contributed by atoms with E-state index in [1.165, 1.54) is 15.6 Å². The molecule has 2 aliphatic rings. The molecule has 10 heteroatoms. The van der Waals surface area contributed by atoms with Crippen LogP contribution in [0.5, 0.6) is 0 Å². The predicted molar refractivity (Wildman–Crippen MR) is 118 cm³/mol.